The average molecular weight is 296 g/mol. The lowest BCUT2D eigenvalue weighted by atomic mass is 10.0. The third-order valence-electron chi connectivity index (χ3n) is 4.63. The van der Waals surface area contributed by atoms with Gasteiger partial charge in [-0.1, -0.05) is 55.3 Å². The van der Waals surface area contributed by atoms with E-state index >= 15 is 0 Å². The first kappa shape index (κ1) is 15.0. The molecule has 1 aliphatic rings. The number of benzene rings is 2. The summed E-state index contributed by atoms with van der Waals surface area (Å²) < 4.78 is 0. The summed E-state index contributed by atoms with van der Waals surface area (Å²) in [5.41, 5.74) is 1.24. The van der Waals surface area contributed by atoms with Crippen LogP contribution in [0, 0.1) is 0 Å². The Balaban J connectivity index is 1.89. The molecule has 0 spiro atoms. The second kappa shape index (κ2) is 6.93. The Bertz CT molecular complexity index is 641. The maximum atomic E-state index is 12.5. The van der Waals surface area contributed by atoms with Gasteiger partial charge in [0, 0.05) is 12.6 Å². The molecular weight excluding hydrogens is 272 g/mol. The number of likely N-dealkylation sites (N-methyl/N-ethyl adjacent to an activating group) is 1. The molecule has 0 atom stereocenters. The van der Waals surface area contributed by atoms with Crippen molar-refractivity contribution in [3.63, 3.8) is 0 Å². The maximum Gasteiger partial charge on any atom is 0.237 e. The first-order chi connectivity index (χ1) is 10.8. The van der Waals surface area contributed by atoms with Gasteiger partial charge in [-0.15, -0.1) is 0 Å². The monoisotopic (exact) mass is 296 g/mol. The summed E-state index contributed by atoms with van der Waals surface area (Å²) in [5, 5.41) is 5.50. The van der Waals surface area contributed by atoms with Gasteiger partial charge in [0.25, 0.3) is 0 Å². The number of rotatable bonds is 5. The van der Waals surface area contributed by atoms with E-state index in [1.54, 1.807) is 0 Å². The van der Waals surface area contributed by atoms with Crippen molar-refractivity contribution >= 4 is 16.7 Å². The molecule has 0 radical (unpaired) electrons. The van der Waals surface area contributed by atoms with Crippen molar-refractivity contribution < 1.29 is 4.79 Å². The Morgan fingerprint density at radius 3 is 2.64 bits per heavy atom. The molecule has 1 saturated carbocycles. The fourth-order valence-electron chi connectivity index (χ4n) is 3.50. The van der Waals surface area contributed by atoms with E-state index in [2.05, 4.69) is 52.7 Å². The van der Waals surface area contributed by atoms with Crippen LogP contribution < -0.4 is 5.32 Å². The first-order valence-electron chi connectivity index (χ1n) is 8.20. The lowest BCUT2D eigenvalue weighted by Gasteiger charge is -2.29. The van der Waals surface area contributed by atoms with Crippen molar-refractivity contribution in [3.8, 4) is 0 Å². The van der Waals surface area contributed by atoms with Gasteiger partial charge in [-0.05, 0) is 36.2 Å². The van der Waals surface area contributed by atoms with E-state index in [1.165, 1.54) is 29.2 Å². The summed E-state index contributed by atoms with van der Waals surface area (Å²) in [7, 11) is 1.84. The fourth-order valence-corrected chi connectivity index (χ4v) is 3.50. The minimum Gasteiger partial charge on any atom is -0.334 e. The lowest BCUT2D eigenvalue weighted by molar-refractivity contribution is -0.133. The molecule has 3 rings (SSSR count). The molecule has 22 heavy (non-hydrogen) atoms. The molecule has 116 valence electrons. The Labute approximate surface area is 132 Å². The van der Waals surface area contributed by atoms with Crippen molar-refractivity contribution in [3.05, 3.63) is 48.0 Å². The summed E-state index contributed by atoms with van der Waals surface area (Å²) in [4.78, 5) is 14.6. The highest BCUT2D eigenvalue weighted by Gasteiger charge is 2.26. The van der Waals surface area contributed by atoms with Crippen LogP contribution in [0.1, 0.15) is 31.2 Å². The van der Waals surface area contributed by atoms with Crippen LogP contribution in [0.3, 0.4) is 0 Å². The van der Waals surface area contributed by atoms with Gasteiger partial charge in [0.2, 0.25) is 5.91 Å². The minimum absolute atomic E-state index is 0.210. The van der Waals surface area contributed by atoms with E-state index in [9.17, 15) is 4.79 Å². The van der Waals surface area contributed by atoms with Crippen LogP contribution in [0.5, 0.6) is 0 Å². The zero-order chi connectivity index (χ0) is 15.4. The van der Waals surface area contributed by atoms with Crippen LogP contribution in [-0.4, -0.2) is 30.4 Å². The van der Waals surface area contributed by atoms with E-state index < -0.39 is 0 Å². The highest BCUT2D eigenvalue weighted by Crippen LogP contribution is 2.27. The second-order valence-electron chi connectivity index (χ2n) is 6.13. The van der Waals surface area contributed by atoms with Crippen LogP contribution in [0.25, 0.3) is 10.8 Å². The Kier molecular flexibility index (Phi) is 4.74. The summed E-state index contributed by atoms with van der Waals surface area (Å²) in [6.45, 7) is 1.13. The number of carbonyl (C=O) groups excluding carboxylic acids is 1. The Morgan fingerprint density at radius 1 is 1.14 bits per heavy atom. The third-order valence-corrected chi connectivity index (χ3v) is 4.63. The smallest absolute Gasteiger partial charge is 0.237 e. The SMILES string of the molecule is CNCC(=O)N(Cc1cccc2ccccc12)C1CCCC1. The first-order valence-corrected chi connectivity index (χ1v) is 8.20. The van der Waals surface area contributed by atoms with Gasteiger partial charge in [-0.3, -0.25) is 4.79 Å². The zero-order valence-electron chi connectivity index (χ0n) is 13.2. The molecule has 0 aliphatic heterocycles. The highest BCUT2D eigenvalue weighted by molar-refractivity contribution is 5.86. The van der Waals surface area contributed by atoms with Gasteiger partial charge in [-0.25, -0.2) is 0 Å². The molecule has 3 nitrogen and oxygen atoms in total. The van der Waals surface area contributed by atoms with Crippen molar-refractivity contribution in [1.29, 1.82) is 0 Å². The number of carbonyl (C=O) groups is 1. The Morgan fingerprint density at radius 2 is 1.86 bits per heavy atom. The van der Waals surface area contributed by atoms with Crippen molar-refractivity contribution in [2.45, 2.75) is 38.3 Å². The quantitative estimate of drug-likeness (QED) is 0.918. The molecule has 0 saturated heterocycles. The van der Waals surface area contributed by atoms with Gasteiger partial charge in [-0.2, -0.15) is 0 Å². The molecular formula is C19H24N2O. The standard InChI is InChI=1S/C19H24N2O/c1-20-13-19(22)21(17-10-3-4-11-17)14-16-9-6-8-15-7-2-5-12-18(15)16/h2,5-9,12,17,20H,3-4,10-11,13-14H2,1H3. The van der Waals surface area contributed by atoms with E-state index in [1.807, 2.05) is 7.05 Å². The summed E-state index contributed by atoms with van der Waals surface area (Å²) in [6.07, 6.45) is 4.76. The predicted octanol–water partition coefficient (Wildman–Crippen LogP) is 3.33. The van der Waals surface area contributed by atoms with Crippen molar-refractivity contribution in [2.75, 3.05) is 13.6 Å². The molecule has 3 heteroatoms. The second-order valence-corrected chi connectivity index (χ2v) is 6.13. The number of amides is 1. The molecule has 0 unspecified atom stereocenters. The fraction of sp³-hybridized carbons (Fsp3) is 0.421. The summed E-state index contributed by atoms with van der Waals surface area (Å²) >= 11 is 0. The number of fused-ring (bicyclic) bond motifs is 1. The molecule has 2 aromatic rings. The van der Waals surface area contributed by atoms with Crippen molar-refractivity contribution in [2.24, 2.45) is 0 Å². The van der Waals surface area contributed by atoms with E-state index in [0.29, 0.717) is 19.1 Å². The van der Waals surface area contributed by atoms with Crippen LogP contribution in [-0.2, 0) is 11.3 Å². The van der Waals surface area contributed by atoms with E-state index in [-0.39, 0.29) is 5.91 Å². The normalized spacial score (nSPS) is 15.3. The summed E-state index contributed by atoms with van der Waals surface area (Å²) in [5.74, 6) is 0.210. The van der Waals surface area contributed by atoms with Crippen LogP contribution >= 0.6 is 0 Å². The molecule has 2 aromatic carbocycles. The maximum absolute atomic E-state index is 12.5. The van der Waals surface area contributed by atoms with Gasteiger partial charge in [0.05, 0.1) is 6.54 Å². The summed E-state index contributed by atoms with van der Waals surface area (Å²) in [6, 6.07) is 15.2. The van der Waals surface area contributed by atoms with Gasteiger partial charge in [0.15, 0.2) is 0 Å². The van der Waals surface area contributed by atoms with Gasteiger partial charge in [0.1, 0.15) is 0 Å². The van der Waals surface area contributed by atoms with Crippen LogP contribution in [0.2, 0.25) is 0 Å². The average Bonchev–Trinajstić information content (AvgIpc) is 3.07. The molecule has 1 amide bonds. The van der Waals surface area contributed by atoms with E-state index in [4.69, 9.17) is 0 Å². The molecule has 0 heterocycles. The molecule has 0 bridgehead atoms. The zero-order valence-corrected chi connectivity index (χ0v) is 13.2. The largest absolute Gasteiger partial charge is 0.334 e. The van der Waals surface area contributed by atoms with Gasteiger partial charge < -0.3 is 10.2 Å². The topological polar surface area (TPSA) is 32.3 Å². The Hall–Kier alpha value is -1.87. The number of hydrogen-bond donors (Lipinski definition) is 1. The molecule has 1 fully saturated rings. The highest BCUT2D eigenvalue weighted by atomic mass is 16.2. The molecule has 1 aliphatic carbocycles. The predicted molar refractivity (Wildman–Crippen MR) is 90.7 cm³/mol. The number of nitrogens with zero attached hydrogens (tertiary/aromatic N) is 1. The minimum atomic E-state index is 0.210. The third kappa shape index (κ3) is 3.14. The van der Waals surface area contributed by atoms with Crippen LogP contribution in [0.4, 0.5) is 0 Å². The molecule has 0 aromatic heterocycles. The van der Waals surface area contributed by atoms with E-state index in [0.717, 1.165) is 12.8 Å². The number of hydrogen-bond acceptors (Lipinski definition) is 2. The van der Waals surface area contributed by atoms with Crippen LogP contribution in [0.15, 0.2) is 42.5 Å². The van der Waals surface area contributed by atoms with Gasteiger partial charge >= 0.3 is 0 Å². The van der Waals surface area contributed by atoms with Crippen molar-refractivity contribution in [1.82, 2.24) is 10.2 Å². The molecule has 1 N–H and O–H groups in total. The number of nitrogens with one attached hydrogen (secondary N) is 1. The lowest BCUT2D eigenvalue weighted by Crippen LogP contribution is -2.42.